The number of amides is 2. The number of hydrogen-bond donors (Lipinski definition) is 1. The Kier molecular flexibility index (Phi) is 5.11. The van der Waals surface area contributed by atoms with Gasteiger partial charge in [0, 0.05) is 32.7 Å². The second-order valence-electron chi connectivity index (χ2n) is 4.50. The van der Waals surface area contributed by atoms with Gasteiger partial charge >= 0.3 is 6.03 Å². The summed E-state index contributed by atoms with van der Waals surface area (Å²) < 4.78 is 23.4. The van der Waals surface area contributed by atoms with Gasteiger partial charge in [-0.15, -0.1) is 0 Å². The third-order valence-corrected chi connectivity index (χ3v) is 2.99. The van der Waals surface area contributed by atoms with Crippen LogP contribution in [-0.2, 0) is 4.74 Å². The normalized spacial score (nSPS) is 18.1. The van der Waals surface area contributed by atoms with Crippen LogP contribution in [0.3, 0.4) is 0 Å². The number of urea groups is 1. The van der Waals surface area contributed by atoms with E-state index in [9.17, 15) is 9.18 Å². The lowest BCUT2D eigenvalue weighted by molar-refractivity contribution is 0.173. The van der Waals surface area contributed by atoms with Crippen LogP contribution in [0.4, 0.5) is 9.18 Å². The molecule has 1 unspecified atom stereocenters. The van der Waals surface area contributed by atoms with Gasteiger partial charge in [-0.25, -0.2) is 4.79 Å². The topological polar surface area (TPSA) is 63.7 Å². The maximum absolute atomic E-state index is 12.9. The van der Waals surface area contributed by atoms with Crippen LogP contribution in [0.5, 0.6) is 5.88 Å². The van der Waals surface area contributed by atoms with Crippen LogP contribution in [0.1, 0.15) is 6.42 Å². The molecular formula is C13H18FN3O3. The summed E-state index contributed by atoms with van der Waals surface area (Å²) in [7, 11) is 1.58. The number of nitrogens with one attached hydrogen (secondary N) is 1. The maximum Gasteiger partial charge on any atom is 0.317 e. The van der Waals surface area contributed by atoms with E-state index in [4.69, 9.17) is 9.47 Å². The van der Waals surface area contributed by atoms with Gasteiger partial charge in [0.15, 0.2) is 0 Å². The van der Waals surface area contributed by atoms with Crippen LogP contribution in [-0.4, -0.2) is 55.4 Å². The van der Waals surface area contributed by atoms with Crippen LogP contribution in [0.25, 0.3) is 0 Å². The van der Waals surface area contributed by atoms with Crippen molar-refractivity contribution in [2.24, 2.45) is 0 Å². The number of hydrogen-bond acceptors (Lipinski definition) is 4. The monoisotopic (exact) mass is 283 g/mol. The quantitative estimate of drug-likeness (QED) is 0.647. The van der Waals surface area contributed by atoms with Crippen LogP contribution in [0, 0.1) is 5.95 Å². The molecule has 0 aliphatic carbocycles. The second-order valence-corrected chi connectivity index (χ2v) is 4.50. The summed E-state index contributed by atoms with van der Waals surface area (Å²) in [5.74, 6) is -0.327. The number of nitrogens with zero attached hydrogens (tertiary/aromatic N) is 2. The predicted molar refractivity (Wildman–Crippen MR) is 70.1 cm³/mol. The van der Waals surface area contributed by atoms with Crippen molar-refractivity contribution in [1.29, 1.82) is 0 Å². The highest BCUT2D eigenvalue weighted by molar-refractivity contribution is 5.74. The van der Waals surface area contributed by atoms with E-state index in [2.05, 4.69) is 10.3 Å². The average molecular weight is 283 g/mol. The van der Waals surface area contributed by atoms with Crippen molar-refractivity contribution in [2.75, 3.05) is 33.4 Å². The minimum Gasteiger partial charge on any atom is -0.472 e. The van der Waals surface area contributed by atoms with Gasteiger partial charge in [0.25, 0.3) is 0 Å². The van der Waals surface area contributed by atoms with Gasteiger partial charge in [-0.05, 0) is 6.07 Å². The number of ether oxygens (including phenoxy) is 2. The van der Waals surface area contributed by atoms with E-state index >= 15 is 0 Å². The number of methoxy groups -OCH3 is 1. The zero-order chi connectivity index (χ0) is 14.4. The first-order valence-corrected chi connectivity index (χ1v) is 6.50. The first-order valence-electron chi connectivity index (χ1n) is 6.50. The Labute approximate surface area is 116 Å². The number of carbonyl (C=O) groups excluding carboxylic acids is 1. The number of halogens is 1. The SMILES string of the molecule is COCCNC(=O)N1CCC(Oc2cccc(F)n2)C1. The smallest absolute Gasteiger partial charge is 0.317 e. The first-order chi connectivity index (χ1) is 9.69. The molecule has 110 valence electrons. The number of aromatic nitrogens is 1. The van der Waals surface area contributed by atoms with Gasteiger partial charge in [0.1, 0.15) is 6.10 Å². The van der Waals surface area contributed by atoms with Crippen molar-refractivity contribution in [3.63, 3.8) is 0 Å². The molecule has 0 saturated carbocycles. The number of pyridine rings is 1. The molecule has 0 spiro atoms. The van der Waals surface area contributed by atoms with E-state index in [1.165, 1.54) is 6.07 Å². The Morgan fingerprint density at radius 2 is 2.45 bits per heavy atom. The number of rotatable bonds is 5. The van der Waals surface area contributed by atoms with Crippen molar-refractivity contribution >= 4 is 6.03 Å². The van der Waals surface area contributed by atoms with E-state index in [0.717, 1.165) is 0 Å². The molecule has 1 fully saturated rings. The molecule has 1 saturated heterocycles. The number of likely N-dealkylation sites (tertiary alicyclic amines) is 1. The molecule has 0 bridgehead atoms. The van der Waals surface area contributed by atoms with Crippen LogP contribution in [0.15, 0.2) is 18.2 Å². The third-order valence-electron chi connectivity index (χ3n) is 2.99. The van der Waals surface area contributed by atoms with Gasteiger partial charge in [-0.3, -0.25) is 0 Å². The highest BCUT2D eigenvalue weighted by Crippen LogP contribution is 2.16. The highest BCUT2D eigenvalue weighted by Gasteiger charge is 2.27. The van der Waals surface area contributed by atoms with Crippen molar-refractivity contribution in [3.8, 4) is 5.88 Å². The minimum atomic E-state index is -0.574. The molecule has 2 heterocycles. The molecule has 1 N–H and O–H groups in total. The fraction of sp³-hybridized carbons (Fsp3) is 0.538. The molecular weight excluding hydrogens is 265 g/mol. The molecule has 0 aromatic carbocycles. The molecule has 1 atom stereocenters. The molecule has 1 aliphatic heterocycles. The molecule has 1 aromatic rings. The average Bonchev–Trinajstić information content (AvgIpc) is 2.87. The van der Waals surface area contributed by atoms with Crippen LogP contribution >= 0.6 is 0 Å². The molecule has 1 aromatic heterocycles. The van der Waals surface area contributed by atoms with Crippen molar-refractivity contribution < 1.29 is 18.7 Å². The Balaban J connectivity index is 1.78. The standard InChI is InChI=1S/C13H18FN3O3/c1-19-8-6-15-13(18)17-7-5-10(9-17)20-12-4-2-3-11(14)16-12/h2-4,10H,5-9H2,1H3,(H,15,18). The molecule has 6 nitrogen and oxygen atoms in total. The maximum atomic E-state index is 12.9. The van der Waals surface area contributed by atoms with Crippen molar-refractivity contribution in [3.05, 3.63) is 24.1 Å². The van der Waals surface area contributed by atoms with Gasteiger partial charge in [-0.1, -0.05) is 6.07 Å². The van der Waals surface area contributed by atoms with Crippen LogP contribution < -0.4 is 10.1 Å². The number of carbonyl (C=O) groups is 1. The summed E-state index contributed by atoms with van der Waals surface area (Å²) in [5, 5.41) is 2.75. The predicted octanol–water partition coefficient (Wildman–Crippen LogP) is 1.03. The van der Waals surface area contributed by atoms with Crippen LogP contribution in [0.2, 0.25) is 0 Å². The Morgan fingerprint density at radius 1 is 1.60 bits per heavy atom. The summed E-state index contributed by atoms with van der Waals surface area (Å²) in [4.78, 5) is 17.1. The molecule has 20 heavy (non-hydrogen) atoms. The fourth-order valence-corrected chi connectivity index (χ4v) is 2.01. The zero-order valence-corrected chi connectivity index (χ0v) is 11.3. The fourth-order valence-electron chi connectivity index (χ4n) is 2.01. The highest BCUT2D eigenvalue weighted by atomic mass is 19.1. The van der Waals surface area contributed by atoms with Gasteiger partial charge in [0.2, 0.25) is 11.8 Å². The van der Waals surface area contributed by atoms with E-state index < -0.39 is 5.95 Å². The van der Waals surface area contributed by atoms with E-state index in [1.807, 2.05) is 0 Å². The summed E-state index contributed by atoms with van der Waals surface area (Å²) in [6.45, 7) is 2.03. The lowest BCUT2D eigenvalue weighted by Gasteiger charge is -2.17. The Bertz CT molecular complexity index is 458. The summed E-state index contributed by atoms with van der Waals surface area (Å²) in [6.07, 6.45) is 0.549. The minimum absolute atomic E-state index is 0.139. The van der Waals surface area contributed by atoms with Crippen molar-refractivity contribution in [2.45, 2.75) is 12.5 Å². The summed E-state index contributed by atoms with van der Waals surface area (Å²) in [5.41, 5.74) is 0. The van der Waals surface area contributed by atoms with E-state index in [0.29, 0.717) is 32.7 Å². The van der Waals surface area contributed by atoms with Gasteiger partial charge in [0.05, 0.1) is 13.2 Å². The second kappa shape index (κ2) is 7.04. The lowest BCUT2D eigenvalue weighted by Crippen LogP contribution is -2.40. The molecule has 2 amide bonds. The summed E-state index contributed by atoms with van der Waals surface area (Å²) >= 11 is 0. The van der Waals surface area contributed by atoms with Gasteiger partial charge < -0.3 is 19.7 Å². The molecule has 0 radical (unpaired) electrons. The summed E-state index contributed by atoms with van der Waals surface area (Å²) in [6, 6.07) is 4.27. The Hall–Kier alpha value is -1.89. The molecule has 1 aliphatic rings. The van der Waals surface area contributed by atoms with E-state index in [-0.39, 0.29) is 18.0 Å². The van der Waals surface area contributed by atoms with E-state index in [1.54, 1.807) is 24.1 Å². The Morgan fingerprint density at radius 3 is 3.20 bits per heavy atom. The molecule has 7 heteroatoms. The zero-order valence-electron chi connectivity index (χ0n) is 11.3. The molecule has 2 rings (SSSR count). The van der Waals surface area contributed by atoms with Gasteiger partial charge in [-0.2, -0.15) is 9.37 Å². The lowest BCUT2D eigenvalue weighted by atomic mass is 10.3. The largest absolute Gasteiger partial charge is 0.472 e. The first kappa shape index (κ1) is 14.5. The van der Waals surface area contributed by atoms with Crippen molar-refractivity contribution in [1.82, 2.24) is 15.2 Å². The third kappa shape index (κ3) is 4.06.